The summed E-state index contributed by atoms with van der Waals surface area (Å²) in [4.78, 5) is 23.4. The van der Waals surface area contributed by atoms with Crippen molar-refractivity contribution in [1.29, 1.82) is 0 Å². The number of rotatable bonds is 4. The molecular formula is C16H16BrN3O2S. The first-order valence-electron chi connectivity index (χ1n) is 7.35. The summed E-state index contributed by atoms with van der Waals surface area (Å²) >= 11 is 4.91. The molecule has 3 rings (SSSR count). The molecule has 120 valence electrons. The van der Waals surface area contributed by atoms with Gasteiger partial charge in [0.2, 0.25) is 5.91 Å². The highest BCUT2D eigenvalue weighted by atomic mass is 79.9. The molecule has 1 fully saturated rings. The monoisotopic (exact) mass is 393 g/mol. The van der Waals surface area contributed by atoms with Gasteiger partial charge in [0.05, 0.1) is 11.0 Å². The molecule has 0 N–H and O–H groups in total. The number of likely N-dealkylation sites (tertiary alicyclic amines) is 1. The average Bonchev–Trinajstić information content (AvgIpc) is 3.08. The summed E-state index contributed by atoms with van der Waals surface area (Å²) in [7, 11) is 0. The van der Waals surface area contributed by atoms with E-state index in [1.54, 1.807) is 29.8 Å². The molecule has 1 saturated heterocycles. The van der Waals surface area contributed by atoms with Gasteiger partial charge in [0, 0.05) is 29.9 Å². The molecular weight excluding hydrogens is 378 g/mol. The normalized spacial score (nSPS) is 18.3. The van der Waals surface area contributed by atoms with Crippen LogP contribution in [-0.4, -0.2) is 40.0 Å². The highest BCUT2D eigenvalue weighted by molar-refractivity contribution is 9.10. The number of carbonyl (C=O) groups is 1. The first-order valence-corrected chi connectivity index (χ1v) is 9.02. The van der Waals surface area contributed by atoms with Crippen molar-refractivity contribution in [3.8, 4) is 6.01 Å². The van der Waals surface area contributed by atoms with Crippen LogP contribution in [0.1, 0.15) is 17.7 Å². The fraction of sp³-hybridized carbons (Fsp3) is 0.312. The predicted octanol–water partition coefficient (Wildman–Crippen LogP) is 3.38. The van der Waals surface area contributed by atoms with E-state index >= 15 is 0 Å². The Hall–Kier alpha value is -1.73. The number of ether oxygens (including phenoxy) is 1. The van der Waals surface area contributed by atoms with Crippen LogP contribution < -0.4 is 4.74 Å². The van der Waals surface area contributed by atoms with Crippen molar-refractivity contribution in [1.82, 2.24) is 14.9 Å². The molecule has 5 nitrogen and oxygen atoms in total. The number of amides is 1. The smallest absolute Gasteiger partial charge is 0.316 e. The average molecular weight is 394 g/mol. The number of hydrogen-bond donors (Lipinski definition) is 0. The molecule has 0 radical (unpaired) electrons. The Labute approximate surface area is 147 Å². The van der Waals surface area contributed by atoms with Crippen LogP contribution >= 0.6 is 27.3 Å². The third-order valence-corrected chi connectivity index (χ3v) is 4.74. The number of piperidine rings is 1. The molecule has 0 saturated carbocycles. The van der Waals surface area contributed by atoms with Gasteiger partial charge in [0.1, 0.15) is 6.10 Å². The maximum Gasteiger partial charge on any atom is 0.316 e. The standard InChI is InChI=1S/C16H16BrN3O2S/c17-12-9-18-16(19-10-12)22-13-3-1-7-20(11-13)15(21)6-5-14-4-2-8-23-14/h2,4-6,8-10,13H,1,3,7,11H2/b6-5+. The molecule has 0 aromatic carbocycles. The maximum atomic E-state index is 12.3. The van der Waals surface area contributed by atoms with Crippen LogP contribution in [-0.2, 0) is 4.79 Å². The van der Waals surface area contributed by atoms with E-state index < -0.39 is 0 Å². The van der Waals surface area contributed by atoms with Gasteiger partial charge in [-0.3, -0.25) is 4.79 Å². The van der Waals surface area contributed by atoms with Gasteiger partial charge >= 0.3 is 6.01 Å². The second kappa shape index (κ2) is 7.70. The van der Waals surface area contributed by atoms with E-state index in [-0.39, 0.29) is 12.0 Å². The summed E-state index contributed by atoms with van der Waals surface area (Å²) in [6, 6.07) is 4.31. The molecule has 1 unspecified atom stereocenters. The summed E-state index contributed by atoms with van der Waals surface area (Å²) < 4.78 is 6.59. The van der Waals surface area contributed by atoms with E-state index in [4.69, 9.17) is 4.74 Å². The van der Waals surface area contributed by atoms with E-state index in [2.05, 4.69) is 25.9 Å². The molecule has 0 bridgehead atoms. The molecule has 7 heteroatoms. The van der Waals surface area contributed by atoms with E-state index in [1.807, 2.05) is 28.5 Å². The van der Waals surface area contributed by atoms with Crippen LogP contribution in [0, 0.1) is 0 Å². The Balaban J connectivity index is 1.57. The maximum absolute atomic E-state index is 12.3. The zero-order chi connectivity index (χ0) is 16.1. The van der Waals surface area contributed by atoms with Crippen molar-refractivity contribution in [3.63, 3.8) is 0 Å². The van der Waals surface area contributed by atoms with E-state index in [0.717, 1.165) is 28.7 Å². The zero-order valence-corrected chi connectivity index (χ0v) is 14.8. The lowest BCUT2D eigenvalue weighted by molar-refractivity contribution is -0.128. The molecule has 2 aromatic heterocycles. The van der Waals surface area contributed by atoms with Gasteiger partial charge in [0.25, 0.3) is 0 Å². The van der Waals surface area contributed by atoms with Crippen molar-refractivity contribution in [2.24, 2.45) is 0 Å². The minimum atomic E-state index is -0.0657. The van der Waals surface area contributed by atoms with Crippen molar-refractivity contribution >= 4 is 39.2 Å². The quantitative estimate of drug-likeness (QED) is 0.747. The number of halogens is 1. The van der Waals surface area contributed by atoms with Crippen LogP contribution in [0.3, 0.4) is 0 Å². The van der Waals surface area contributed by atoms with E-state index in [9.17, 15) is 4.79 Å². The van der Waals surface area contributed by atoms with Gasteiger partial charge in [-0.2, -0.15) is 0 Å². The summed E-state index contributed by atoms with van der Waals surface area (Å²) in [5.74, 6) is 0.0171. The van der Waals surface area contributed by atoms with Crippen molar-refractivity contribution in [2.45, 2.75) is 18.9 Å². The largest absolute Gasteiger partial charge is 0.458 e. The number of carbonyl (C=O) groups excluding carboxylic acids is 1. The van der Waals surface area contributed by atoms with Crippen molar-refractivity contribution in [2.75, 3.05) is 13.1 Å². The minimum absolute atomic E-state index is 0.0171. The number of hydrogen-bond acceptors (Lipinski definition) is 5. The van der Waals surface area contributed by atoms with Gasteiger partial charge in [-0.1, -0.05) is 6.07 Å². The zero-order valence-electron chi connectivity index (χ0n) is 12.4. The van der Waals surface area contributed by atoms with Crippen LogP contribution in [0.5, 0.6) is 6.01 Å². The predicted molar refractivity (Wildman–Crippen MR) is 93.3 cm³/mol. The molecule has 3 heterocycles. The van der Waals surface area contributed by atoms with Gasteiger partial charge in [-0.05, 0) is 46.3 Å². The highest BCUT2D eigenvalue weighted by Crippen LogP contribution is 2.17. The fourth-order valence-corrected chi connectivity index (χ4v) is 3.21. The molecule has 0 spiro atoms. The lowest BCUT2D eigenvalue weighted by atomic mass is 10.1. The first kappa shape index (κ1) is 16.1. The molecule has 1 aliphatic rings. The van der Waals surface area contributed by atoms with E-state index in [0.29, 0.717) is 12.6 Å². The number of nitrogens with zero attached hydrogens (tertiary/aromatic N) is 3. The Morgan fingerprint density at radius 2 is 2.26 bits per heavy atom. The third kappa shape index (κ3) is 4.62. The summed E-state index contributed by atoms with van der Waals surface area (Å²) in [5.41, 5.74) is 0. The summed E-state index contributed by atoms with van der Waals surface area (Å²) in [6.45, 7) is 1.32. The molecule has 1 amide bonds. The third-order valence-electron chi connectivity index (χ3n) is 3.49. The second-order valence-electron chi connectivity index (χ2n) is 5.20. The number of aromatic nitrogens is 2. The first-order chi connectivity index (χ1) is 11.2. The van der Waals surface area contributed by atoms with Crippen LogP contribution in [0.2, 0.25) is 0 Å². The lowest BCUT2D eigenvalue weighted by Crippen LogP contribution is -2.43. The van der Waals surface area contributed by atoms with Crippen LogP contribution in [0.4, 0.5) is 0 Å². The summed E-state index contributed by atoms with van der Waals surface area (Å²) in [6.07, 6.45) is 8.54. The lowest BCUT2D eigenvalue weighted by Gasteiger charge is -2.31. The second-order valence-corrected chi connectivity index (χ2v) is 7.09. The minimum Gasteiger partial charge on any atom is -0.458 e. The van der Waals surface area contributed by atoms with Crippen LogP contribution in [0.25, 0.3) is 6.08 Å². The Morgan fingerprint density at radius 1 is 1.43 bits per heavy atom. The van der Waals surface area contributed by atoms with E-state index in [1.165, 1.54) is 0 Å². The van der Waals surface area contributed by atoms with Crippen molar-refractivity contribution < 1.29 is 9.53 Å². The Morgan fingerprint density at radius 3 is 3.00 bits per heavy atom. The SMILES string of the molecule is O=C(/C=C/c1cccs1)N1CCCC(Oc2ncc(Br)cn2)C1. The number of thiophene rings is 1. The van der Waals surface area contributed by atoms with Gasteiger partial charge < -0.3 is 9.64 Å². The van der Waals surface area contributed by atoms with Gasteiger partial charge in [-0.25, -0.2) is 9.97 Å². The molecule has 1 aliphatic heterocycles. The molecule has 0 aliphatic carbocycles. The van der Waals surface area contributed by atoms with Crippen LogP contribution in [0.15, 0.2) is 40.5 Å². The van der Waals surface area contributed by atoms with Gasteiger partial charge in [0.15, 0.2) is 0 Å². The van der Waals surface area contributed by atoms with Gasteiger partial charge in [-0.15, -0.1) is 11.3 Å². The summed E-state index contributed by atoms with van der Waals surface area (Å²) in [5, 5.41) is 1.99. The molecule has 23 heavy (non-hydrogen) atoms. The Bertz CT molecular complexity index is 673. The fourth-order valence-electron chi connectivity index (χ4n) is 2.39. The Kier molecular flexibility index (Phi) is 5.40. The topological polar surface area (TPSA) is 55.3 Å². The van der Waals surface area contributed by atoms with Crippen molar-refractivity contribution in [3.05, 3.63) is 45.3 Å². The molecule has 2 aromatic rings. The molecule has 1 atom stereocenters. The highest BCUT2D eigenvalue weighted by Gasteiger charge is 2.24.